The molecule has 1 heterocycles. The standard InChI is InChI=1S/C20H31N5O.HI/c1-7-21-20(22-11-10-18-15(3)24-25(5)16(18)4)23-13-17-9-8-14(2)12-19(17)26-6;/h8-9,12H,7,10-11,13H2,1-6H3,(H2,21,22,23);1H. The quantitative estimate of drug-likeness (QED) is 0.359. The number of methoxy groups -OCH3 is 1. The lowest BCUT2D eigenvalue weighted by atomic mass is 10.1. The summed E-state index contributed by atoms with van der Waals surface area (Å²) < 4.78 is 7.40. The average Bonchev–Trinajstić information content (AvgIpc) is 2.86. The van der Waals surface area contributed by atoms with Crippen LogP contribution in [0.15, 0.2) is 23.2 Å². The van der Waals surface area contributed by atoms with Gasteiger partial charge in [0, 0.05) is 31.4 Å². The van der Waals surface area contributed by atoms with Crippen molar-refractivity contribution < 1.29 is 4.74 Å². The van der Waals surface area contributed by atoms with E-state index in [1.54, 1.807) is 7.11 Å². The first kappa shape index (κ1) is 23.3. The van der Waals surface area contributed by atoms with Crippen LogP contribution in [0.4, 0.5) is 0 Å². The molecule has 0 radical (unpaired) electrons. The zero-order valence-corrected chi connectivity index (χ0v) is 19.5. The monoisotopic (exact) mass is 485 g/mol. The van der Waals surface area contributed by atoms with Crippen molar-refractivity contribution in [3.05, 3.63) is 46.3 Å². The first-order valence-corrected chi connectivity index (χ1v) is 9.11. The molecule has 150 valence electrons. The minimum Gasteiger partial charge on any atom is -0.496 e. The molecule has 0 spiro atoms. The molecular formula is C20H32IN5O. The highest BCUT2D eigenvalue weighted by Gasteiger charge is 2.09. The highest BCUT2D eigenvalue weighted by molar-refractivity contribution is 14.0. The molecule has 0 aliphatic heterocycles. The van der Waals surface area contributed by atoms with Crippen molar-refractivity contribution in [2.75, 3.05) is 20.2 Å². The third-order valence-electron chi connectivity index (χ3n) is 4.52. The van der Waals surface area contributed by atoms with Crippen LogP contribution in [0.5, 0.6) is 5.75 Å². The van der Waals surface area contributed by atoms with E-state index in [4.69, 9.17) is 9.73 Å². The molecule has 0 saturated heterocycles. The van der Waals surface area contributed by atoms with Gasteiger partial charge in [-0.1, -0.05) is 12.1 Å². The maximum Gasteiger partial charge on any atom is 0.191 e. The van der Waals surface area contributed by atoms with Gasteiger partial charge in [0.25, 0.3) is 0 Å². The number of aryl methyl sites for hydroxylation is 3. The smallest absolute Gasteiger partial charge is 0.191 e. The van der Waals surface area contributed by atoms with Crippen LogP contribution in [0.25, 0.3) is 0 Å². The number of guanidine groups is 1. The predicted molar refractivity (Wildman–Crippen MR) is 122 cm³/mol. The number of nitrogens with one attached hydrogen (secondary N) is 2. The van der Waals surface area contributed by atoms with Gasteiger partial charge in [0.15, 0.2) is 5.96 Å². The lowest BCUT2D eigenvalue weighted by Gasteiger charge is -2.12. The van der Waals surface area contributed by atoms with E-state index in [0.717, 1.165) is 42.5 Å². The fraction of sp³-hybridized carbons (Fsp3) is 0.500. The molecule has 1 aromatic carbocycles. The molecule has 27 heavy (non-hydrogen) atoms. The van der Waals surface area contributed by atoms with Crippen molar-refractivity contribution in [3.63, 3.8) is 0 Å². The molecular weight excluding hydrogens is 453 g/mol. The number of rotatable bonds is 7. The van der Waals surface area contributed by atoms with Gasteiger partial charge in [0.05, 0.1) is 19.3 Å². The Morgan fingerprint density at radius 2 is 1.96 bits per heavy atom. The van der Waals surface area contributed by atoms with Crippen molar-refractivity contribution in [1.82, 2.24) is 20.4 Å². The van der Waals surface area contributed by atoms with Crippen molar-refractivity contribution in [3.8, 4) is 5.75 Å². The molecule has 0 amide bonds. The van der Waals surface area contributed by atoms with E-state index < -0.39 is 0 Å². The molecule has 0 bridgehead atoms. The first-order valence-electron chi connectivity index (χ1n) is 9.11. The van der Waals surface area contributed by atoms with Gasteiger partial charge < -0.3 is 15.4 Å². The van der Waals surface area contributed by atoms with Crippen LogP contribution in [0.1, 0.15) is 35.0 Å². The molecule has 2 aromatic rings. The second-order valence-corrected chi connectivity index (χ2v) is 6.46. The van der Waals surface area contributed by atoms with Crippen molar-refractivity contribution in [2.45, 2.75) is 40.7 Å². The molecule has 0 atom stereocenters. The second-order valence-electron chi connectivity index (χ2n) is 6.46. The number of aliphatic imine (C=N–C) groups is 1. The summed E-state index contributed by atoms with van der Waals surface area (Å²) in [6, 6.07) is 6.20. The molecule has 1 aromatic heterocycles. The maximum absolute atomic E-state index is 5.47. The Bertz CT molecular complexity index is 770. The number of halogens is 1. The summed E-state index contributed by atoms with van der Waals surface area (Å²) in [5, 5.41) is 11.2. The van der Waals surface area contributed by atoms with E-state index in [9.17, 15) is 0 Å². The third kappa shape index (κ3) is 6.41. The Hall–Kier alpha value is -1.77. The third-order valence-corrected chi connectivity index (χ3v) is 4.52. The Morgan fingerprint density at radius 1 is 1.22 bits per heavy atom. The van der Waals surface area contributed by atoms with Crippen LogP contribution < -0.4 is 15.4 Å². The van der Waals surface area contributed by atoms with Crippen LogP contribution >= 0.6 is 24.0 Å². The lowest BCUT2D eigenvalue weighted by molar-refractivity contribution is 0.409. The van der Waals surface area contributed by atoms with Gasteiger partial charge in [-0.25, -0.2) is 4.99 Å². The van der Waals surface area contributed by atoms with Crippen molar-refractivity contribution >= 4 is 29.9 Å². The van der Waals surface area contributed by atoms with Crippen LogP contribution in [0.2, 0.25) is 0 Å². The van der Waals surface area contributed by atoms with E-state index in [1.807, 2.05) is 17.8 Å². The van der Waals surface area contributed by atoms with Crippen LogP contribution in [-0.4, -0.2) is 35.9 Å². The number of benzene rings is 1. The van der Waals surface area contributed by atoms with E-state index in [2.05, 4.69) is 55.6 Å². The van der Waals surface area contributed by atoms with E-state index in [1.165, 1.54) is 16.8 Å². The summed E-state index contributed by atoms with van der Waals surface area (Å²) in [5.41, 5.74) is 5.88. The van der Waals surface area contributed by atoms with E-state index in [0.29, 0.717) is 6.54 Å². The van der Waals surface area contributed by atoms with Gasteiger partial charge in [-0.15, -0.1) is 24.0 Å². The number of aromatic nitrogens is 2. The van der Waals surface area contributed by atoms with Crippen LogP contribution in [-0.2, 0) is 20.0 Å². The number of hydrogen-bond donors (Lipinski definition) is 2. The minimum atomic E-state index is 0. The SMILES string of the molecule is CCNC(=NCc1ccc(C)cc1OC)NCCc1c(C)nn(C)c1C.I. The highest BCUT2D eigenvalue weighted by atomic mass is 127. The van der Waals surface area contributed by atoms with Crippen molar-refractivity contribution in [1.29, 1.82) is 0 Å². The molecule has 0 fully saturated rings. The van der Waals surface area contributed by atoms with Gasteiger partial charge in [-0.3, -0.25) is 4.68 Å². The Balaban J connectivity index is 0.00000364. The summed E-state index contributed by atoms with van der Waals surface area (Å²) in [6.45, 7) is 10.5. The van der Waals surface area contributed by atoms with E-state index >= 15 is 0 Å². The summed E-state index contributed by atoms with van der Waals surface area (Å²) >= 11 is 0. The van der Waals surface area contributed by atoms with Crippen LogP contribution in [0, 0.1) is 20.8 Å². The largest absolute Gasteiger partial charge is 0.496 e. The minimum absolute atomic E-state index is 0. The Morgan fingerprint density at radius 3 is 2.56 bits per heavy atom. The van der Waals surface area contributed by atoms with Gasteiger partial charge in [-0.2, -0.15) is 5.10 Å². The van der Waals surface area contributed by atoms with Gasteiger partial charge in [0.1, 0.15) is 5.75 Å². The molecule has 0 aliphatic carbocycles. The van der Waals surface area contributed by atoms with Crippen LogP contribution in [0.3, 0.4) is 0 Å². The Labute approximate surface area is 179 Å². The molecule has 0 unspecified atom stereocenters. The number of nitrogens with zero attached hydrogens (tertiary/aromatic N) is 3. The molecule has 2 N–H and O–H groups in total. The zero-order chi connectivity index (χ0) is 19.1. The highest BCUT2D eigenvalue weighted by Crippen LogP contribution is 2.20. The second kappa shape index (κ2) is 11.2. The maximum atomic E-state index is 5.47. The number of hydrogen-bond acceptors (Lipinski definition) is 3. The summed E-state index contributed by atoms with van der Waals surface area (Å²) in [7, 11) is 3.68. The fourth-order valence-corrected chi connectivity index (χ4v) is 2.97. The lowest BCUT2D eigenvalue weighted by Crippen LogP contribution is -2.38. The molecule has 2 rings (SSSR count). The van der Waals surface area contributed by atoms with Gasteiger partial charge >= 0.3 is 0 Å². The molecule has 0 aliphatic rings. The Kier molecular flexibility index (Phi) is 9.62. The molecule has 0 saturated carbocycles. The predicted octanol–water partition coefficient (Wildman–Crippen LogP) is 3.27. The van der Waals surface area contributed by atoms with Gasteiger partial charge in [-0.05, 0) is 51.3 Å². The summed E-state index contributed by atoms with van der Waals surface area (Å²) in [4.78, 5) is 4.70. The fourth-order valence-electron chi connectivity index (χ4n) is 2.97. The van der Waals surface area contributed by atoms with Crippen molar-refractivity contribution in [2.24, 2.45) is 12.0 Å². The summed E-state index contributed by atoms with van der Waals surface area (Å²) in [5.74, 6) is 1.69. The number of ether oxygens (including phenoxy) is 1. The zero-order valence-electron chi connectivity index (χ0n) is 17.2. The van der Waals surface area contributed by atoms with E-state index in [-0.39, 0.29) is 24.0 Å². The topological polar surface area (TPSA) is 63.5 Å². The average molecular weight is 485 g/mol. The molecule has 7 heteroatoms. The molecule has 6 nitrogen and oxygen atoms in total. The normalized spacial score (nSPS) is 11.1. The first-order chi connectivity index (χ1) is 12.5. The summed E-state index contributed by atoms with van der Waals surface area (Å²) in [6.07, 6.45) is 0.920. The van der Waals surface area contributed by atoms with Gasteiger partial charge in [0.2, 0.25) is 0 Å².